The van der Waals surface area contributed by atoms with Crippen LogP contribution in [0.25, 0.3) is 0 Å². The topological polar surface area (TPSA) is 41.6 Å². The Labute approximate surface area is 110 Å². The van der Waals surface area contributed by atoms with Gasteiger partial charge in [-0.1, -0.05) is 12.1 Å². The fraction of sp³-hybridized carbons (Fsp3) is 0.462. The number of rotatable bonds is 3. The first-order valence-electron chi connectivity index (χ1n) is 6.15. The molecular weight excluding hydrogens is 254 g/mol. The van der Waals surface area contributed by atoms with E-state index in [4.69, 9.17) is 0 Å². The highest BCUT2D eigenvalue weighted by molar-refractivity contribution is 5.97. The van der Waals surface area contributed by atoms with Crippen LogP contribution in [0, 0.1) is 0 Å². The molecule has 1 amide bonds. The molecule has 6 heteroatoms. The van der Waals surface area contributed by atoms with Crippen LogP contribution in [0.5, 0.6) is 5.75 Å². The van der Waals surface area contributed by atoms with Gasteiger partial charge in [0.05, 0.1) is 5.56 Å². The van der Waals surface area contributed by atoms with Crippen LogP contribution in [0.1, 0.15) is 17.3 Å². The lowest BCUT2D eigenvalue weighted by molar-refractivity contribution is -0.0503. The molecule has 1 N–H and O–H groups in total. The summed E-state index contributed by atoms with van der Waals surface area (Å²) < 4.78 is 29.0. The number of carbonyl (C=O) groups is 1. The van der Waals surface area contributed by atoms with Crippen molar-refractivity contribution in [2.24, 2.45) is 0 Å². The number of halogens is 2. The number of ether oxygens (including phenoxy) is 1. The molecule has 1 fully saturated rings. The van der Waals surface area contributed by atoms with Gasteiger partial charge >= 0.3 is 6.61 Å². The smallest absolute Gasteiger partial charge is 0.387 e. The van der Waals surface area contributed by atoms with Gasteiger partial charge in [-0.3, -0.25) is 4.79 Å². The maximum absolute atomic E-state index is 12.4. The number of para-hydroxylation sites is 1. The average Bonchev–Trinajstić information content (AvgIpc) is 2.38. The van der Waals surface area contributed by atoms with Crippen LogP contribution in [-0.4, -0.2) is 43.1 Å². The molecule has 0 spiro atoms. The van der Waals surface area contributed by atoms with Crippen LogP contribution in [0.15, 0.2) is 24.3 Å². The normalized spacial score (nSPS) is 19.6. The van der Waals surface area contributed by atoms with E-state index in [9.17, 15) is 13.6 Å². The molecule has 1 unspecified atom stereocenters. The molecule has 1 saturated heterocycles. The molecule has 1 aromatic carbocycles. The van der Waals surface area contributed by atoms with Crippen LogP contribution in [0.3, 0.4) is 0 Å². The van der Waals surface area contributed by atoms with E-state index in [2.05, 4.69) is 10.1 Å². The standard InChI is InChI=1S/C13H16F2N2O2/c1-9-8-16-6-7-17(9)12(18)10-4-2-3-5-11(10)19-13(14)15/h2-5,9,13,16H,6-8H2,1H3. The van der Waals surface area contributed by atoms with Crippen molar-refractivity contribution < 1.29 is 18.3 Å². The third-order valence-corrected chi connectivity index (χ3v) is 3.10. The third-order valence-electron chi connectivity index (χ3n) is 3.10. The van der Waals surface area contributed by atoms with E-state index in [0.29, 0.717) is 19.6 Å². The first kappa shape index (κ1) is 13.7. The number of hydrogen-bond acceptors (Lipinski definition) is 3. The lowest BCUT2D eigenvalue weighted by atomic mass is 10.1. The molecule has 0 aromatic heterocycles. The summed E-state index contributed by atoms with van der Waals surface area (Å²) in [5.41, 5.74) is 0.177. The Hall–Kier alpha value is -1.69. The van der Waals surface area contributed by atoms with Gasteiger partial charge < -0.3 is 15.0 Å². The lowest BCUT2D eigenvalue weighted by Gasteiger charge is -2.34. The number of hydrogen-bond donors (Lipinski definition) is 1. The van der Waals surface area contributed by atoms with Crippen molar-refractivity contribution in [1.82, 2.24) is 10.2 Å². The van der Waals surface area contributed by atoms with Crippen molar-refractivity contribution >= 4 is 5.91 Å². The fourth-order valence-corrected chi connectivity index (χ4v) is 2.14. The molecule has 1 aliphatic rings. The van der Waals surface area contributed by atoms with E-state index in [0.717, 1.165) is 0 Å². The Morgan fingerprint density at radius 1 is 1.47 bits per heavy atom. The van der Waals surface area contributed by atoms with Crippen molar-refractivity contribution in [2.75, 3.05) is 19.6 Å². The highest BCUT2D eigenvalue weighted by Crippen LogP contribution is 2.23. The van der Waals surface area contributed by atoms with Crippen LogP contribution in [0.2, 0.25) is 0 Å². The van der Waals surface area contributed by atoms with E-state index >= 15 is 0 Å². The number of carbonyl (C=O) groups excluding carboxylic acids is 1. The van der Waals surface area contributed by atoms with E-state index in [1.165, 1.54) is 12.1 Å². The summed E-state index contributed by atoms with van der Waals surface area (Å²) in [5.74, 6) is -0.349. The lowest BCUT2D eigenvalue weighted by Crippen LogP contribution is -2.52. The minimum atomic E-state index is -2.94. The molecular formula is C13H16F2N2O2. The minimum absolute atomic E-state index is 0.0286. The van der Waals surface area contributed by atoms with Crippen molar-refractivity contribution in [1.29, 1.82) is 0 Å². The Kier molecular flexibility index (Phi) is 4.31. The van der Waals surface area contributed by atoms with Gasteiger partial charge in [0.15, 0.2) is 0 Å². The molecule has 2 rings (SSSR count). The molecule has 1 heterocycles. The highest BCUT2D eigenvalue weighted by Gasteiger charge is 2.26. The first-order chi connectivity index (χ1) is 9.09. The molecule has 4 nitrogen and oxygen atoms in total. The van der Waals surface area contributed by atoms with Crippen LogP contribution >= 0.6 is 0 Å². The zero-order valence-corrected chi connectivity index (χ0v) is 10.6. The van der Waals surface area contributed by atoms with Crippen molar-refractivity contribution in [3.63, 3.8) is 0 Å². The number of nitrogens with one attached hydrogen (secondary N) is 1. The SMILES string of the molecule is CC1CNCCN1C(=O)c1ccccc1OC(F)F. The summed E-state index contributed by atoms with van der Waals surface area (Å²) in [6, 6.07) is 6.12. The molecule has 104 valence electrons. The van der Waals surface area contributed by atoms with Crippen LogP contribution in [0.4, 0.5) is 8.78 Å². The number of alkyl halides is 2. The van der Waals surface area contributed by atoms with Gasteiger partial charge in [0.25, 0.3) is 5.91 Å². The second-order valence-corrected chi connectivity index (χ2v) is 4.43. The van der Waals surface area contributed by atoms with E-state index < -0.39 is 6.61 Å². The first-order valence-corrected chi connectivity index (χ1v) is 6.15. The van der Waals surface area contributed by atoms with Gasteiger partial charge in [-0.05, 0) is 19.1 Å². The number of amides is 1. The van der Waals surface area contributed by atoms with Crippen LogP contribution < -0.4 is 10.1 Å². The van der Waals surface area contributed by atoms with E-state index in [1.54, 1.807) is 17.0 Å². The van der Waals surface area contributed by atoms with E-state index in [1.807, 2.05) is 6.92 Å². The van der Waals surface area contributed by atoms with E-state index in [-0.39, 0.29) is 23.3 Å². The largest absolute Gasteiger partial charge is 0.434 e. The Morgan fingerprint density at radius 2 is 2.21 bits per heavy atom. The maximum Gasteiger partial charge on any atom is 0.387 e. The van der Waals surface area contributed by atoms with Crippen molar-refractivity contribution in [3.8, 4) is 5.75 Å². The number of benzene rings is 1. The summed E-state index contributed by atoms with van der Waals surface area (Å²) in [7, 11) is 0. The average molecular weight is 270 g/mol. The summed E-state index contributed by atoms with van der Waals surface area (Å²) in [6.07, 6.45) is 0. The summed E-state index contributed by atoms with van der Waals surface area (Å²) in [5, 5.41) is 3.17. The summed E-state index contributed by atoms with van der Waals surface area (Å²) in [6.45, 7) is 0.940. The molecule has 19 heavy (non-hydrogen) atoms. The van der Waals surface area contributed by atoms with Gasteiger partial charge in [-0.25, -0.2) is 0 Å². The Morgan fingerprint density at radius 3 is 2.89 bits per heavy atom. The molecule has 0 aliphatic carbocycles. The number of piperazine rings is 1. The van der Waals surface area contributed by atoms with Gasteiger partial charge in [0.1, 0.15) is 5.75 Å². The summed E-state index contributed by atoms with van der Waals surface area (Å²) >= 11 is 0. The zero-order chi connectivity index (χ0) is 13.8. The van der Waals surface area contributed by atoms with Gasteiger partial charge in [-0.2, -0.15) is 8.78 Å². The Bertz CT molecular complexity index is 454. The highest BCUT2D eigenvalue weighted by atomic mass is 19.3. The zero-order valence-electron chi connectivity index (χ0n) is 10.6. The van der Waals surface area contributed by atoms with Crippen molar-refractivity contribution in [2.45, 2.75) is 19.6 Å². The van der Waals surface area contributed by atoms with Crippen molar-refractivity contribution in [3.05, 3.63) is 29.8 Å². The second kappa shape index (κ2) is 5.97. The summed E-state index contributed by atoms with van der Waals surface area (Å²) in [4.78, 5) is 14.1. The molecule has 1 atom stereocenters. The maximum atomic E-state index is 12.4. The van der Waals surface area contributed by atoms with Crippen LogP contribution in [-0.2, 0) is 0 Å². The third kappa shape index (κ3) is 3.20. The fourth-order valence-electron chi connectivity index (χ4n) is 2.14. The monoisotopic (exact) mass is 270 g/mol. The molecule has 0 radical (unpaired) electrons. The molecule has 0 bridgehead atoms. The van der Waals surface area contributed by atoms with Gasteiger partial charge in [-0.15, -0.1) is 0 Å². The quantitative estimate of drug-likeness (QED) is 0.909. The molecule has 1 aromatic rings. The predicted octanol–water partition coefficient (Wildman–Crippen LogP) is 1.72. The van der Waals surface area contributed by atoms with Gasteiger partial charge in [0.2, 0.25) is 0 Å². The van der Waals surface area contributed by atoms with Gasteiger partial charge in [0, 0.05) is 25.7 Å². The Balaban J connectivity index is 2.22. The second-order valence-electron chi connectivity index (χ2n) is 4.43. The minimum Gasteiger partial charge on any atom is -0.434 e. The predicted molar refractivity (Wildman–Crippen MR) is 66.4 cm³/mol. The molecule has 0 saturated carbocycles. The molecule has 1 aliphatic heterocycles. The number of nitrogens with zero attached hydrogens (tertiary/aromatic N) is 1.